The molecule has 4 N–H and O–H groups in total. The van der Waals surface area contributed by atoms with Crippen molar-refractivity contribution < 1.29 is 34.8 Å². The molecule has 0 spiro atoms. The summed E-state index contributed by atoms with van der Waals surface area (Å²) in [6.07, 6.45) is 2.34. The molecular weight excluding hydrogens is 544 g/mol. The van der Waals surface area contributed by atoms with Crippen molar-refractivity contribution in [3.63, 3.8) is 0 Å². The molecule has 0 amide bonds. The Morgan fingerprint density at radius 3 is 2.19 bits per heavy atom. The molecule has 7 nitrogen and oxygen atoms in total. The van der Waals surface area contributed by atoms with Gasteiger partial charge in [-0.3, -0.25) is 14.4 Å². The molecule has 2 unspecified atom stereocenters. The van der Waals surface area contributed by atoms with Gasteiger partial charge >= 0.3 is 0 Å². The predicted octanol–water partition coefficient (Wildman–Crippen LogP) is 6.60. The maximum atomic E-state index is 14.3. The summed E-state index contributed by atoms with van der Waals surface area (Å²) in [6, 6.07) is 11.4. The molecule has 2 aromatic carbocycles. The molecular formula is C36H42O7. The second-order valence-corrected chi connectivity index (χ2v) is 13.9. The number of rotatable bonds is 6. The summed E-state index contributed by atoms with van der Waals surface area (Å²) in [4.78, 5) is 40.6. The van der Waals surface area contributed by atoms with E-state index in [9.17, 15) is 34.8 Å². The van der Waals surface area contributed by atoms with Gasteiger partial charge in [-0.1, -0.05) is 78.3 Å². The number of aromatic hydroxyl groups is 1. The third-order valence-electron chi connectivity index (χ3n) is 10.4. The highest BCUT2D eigenvalue weighted by molar-refractivity contribution is 6.25. The summed E-state index contributed by atoms with van der Waals surface area (Å²) >= 11 is 0. The van der Waals surface area contributed by atoms with Crippen LogP contribution in [0.5, 0.6) is 5.75 Å². The van der Waals surface area contributed by atoms with Crippen LogP contribution in [0.2, 0.25) is 0 Å². The van der Waals surface area contributed by atoms with Crippen LogP contribution in [-0.4, -0.2) is 43.4 Å². The zero-order chi connectivity index (χ0) is 31.8. The highest BCUT2D eigenvalue weighted by Crippen LogP contribution is 2.65. The number of aliphatic hydroxyl groups excluding tert-OH is 2. The van der Waals surface area contributed by atoms with E-state index in [1.54, 1.807) is 13.0 Å². The van der Waals surface area contributed by atoms with E-state index in [0.29, 0.717) is 11.5 Å². The maximum Gasteiger partial charge on any atom is 0.209 e. The maximum absolute atomic E-state index is 14.3. The number of phenolic OH excluding ortho intramolecular Hbond substituents is 1. The Balaban J connectivity index is 1.72. The highest BCUT2D eigenvalue weighted by Gasteiger charge is 2.71. The normalized spacial score (nSPS) is 29.4. The molecule has 228 valence electrons. The minimum atomic E-state index is -2.62. The fourth-order valence-electron chi connectivity index (χ4n) is 8.37. The first-order chi connectivity index (χ1) is 20.0. The average Bonchev–Trinajstić information content (AvgIpc) is 2.91. The quantitative estimate of drug-likeness (QED) is 0.280. The first-order valence-electron chi connectivity index (χ1n) is 15.2. The highest BCUT2D eigenvalue weighted by atomic mass is 16.3. The van der Waals surface area contributed by atoms with Gasteiger partial charge in [0.2, 0.25) is 5.78 Å². The molecule has 5 atom stereocenters. The third kappa shape index (κ3) is 4.22. The lowest BCUT2D eigenvalue weighted by molar-refractivity contribution is -0.171. The van der Waals surface area contributed by atoms with Crippen LogP contribution < -0.4 is 0 Å². The van der Waals surface area contributed by atoms with E-state index in [0.717, 1.165) is 30.9 Å². The van der Waals surface area contributed by atoms with E-state index in [4.69, 9.17) is 0 Å². The van der Waals surface area contributed by atoms with Gasteiger partial charge in [-0.2, -0.15) is 0 Å². The Kier molecular flexibility index (Phi) is 7.28. The van der Waals surface area contributed by atoms with Crippen molar-refractivity contribution in [3.8, 4) is 16.9 Å². The van der Waals surface area contributed by atoms with Crippen molar-refractivity contribution in [1.29, 1.82) is 0 Å². The summed E-state index contributed by atoms with van der Waals surface area (Å²) in [6.45, 7) is 12.6. The monoisotopic (exact) mass is 586 g/mol. The SMILES string of the molecule is CCC(C)Cc1ccc(-c2ccc(O)c3c2C[C@]2(C)C[C@]4(C)C(C(C)C)C(O)=C(C(C)=O)C(=O)[C@]4(O)C(O)=C2C3=O)cc1. The van der Waals surface area contributed by atoms with E-state index in [-0.39, 0.29) is 35.6 Å². The number of carbonyl (C=O) groups is 3. The Hall–Kier alpha value is -3.71. The molecule has 0 saturated carbocycles. The van der Waals surface area contributed by atoms with Crippen molar-refractivity contribution in [3.05, 3.63) is 75.8 Å². The number of hydrogen-bond acceptors (Lipinski definition) is 7. The molecule has 0 saturated heterocycles. The Labute approximate surface area is 253 Å². The number of phenols is 1. The minimum absolute atomic E-state index is 0.0289. The number of carbonyl (C=O) groups excluding carboxylic acids is 3. The molecule has 3 aliphatic rings. The van der Waals surface area contributed by atoms with Crippen LogP contribution in [0.4, 0.5) is 0 Å². The van der Waals surface area contributed by atoms with Gasteiger partial charge in [0.05, 0.1) is 5.56 Å². The Bertz CT molecular complexity index is 1610. The van der Waals surface area contributed by atoms with Gasteiger partial charge in [-0.15, -0.1) is 0 Å². The molecule has 0 aliphatic heterocycles. The lowest BCUT2D eigenvalue weighted by Crippen LogP contribution is -2.67. The molecule has 3 aliphatic carbocycles. The summed E-state index contributed by atoms with van der Waals surface area (Å²) in [5, 5.41) is 46.3. The van der Waals surface area contributed by atoms with Gasteiger partial charge in [0, 0.05) is 22.3 Å². The molecule has 0 aromatic heterocycles. The largest absolute Gasteiger partial charge is 0.511 e. The number of allylic oxidation sites excluding steroid dienone is 2. The molecule has 43 heavy (non-hydrogen) atoms. The van der Waals surface area contributed by atoms with Crippen LogP contribution in [0.3, 0.4) is 0 Å². The summed E-state index contributed by atoms with van der Waals surface area (Å²) in [7, 11) is 0. The van der Waals surface area contributed by atoms with Gasteiger partial charge in [0.1, 0.15) is 22.8 Å². The standard InChI is InChI=1S/C36H42O7/c1-8-19(4)15-21-9-11-22(12-10-21)23-13-14-25(38)27-24(23)16-34(6)17-35(7)28(18(2)3)30(39)26(20(5)37)32(41)36(35,43)33(42)29(34)31(27)40/h9-14,18-19,28,38-39,42-43H,8,15-17H2,1-7H3/t19?,28?,34-,35-,36+/m1/s1. The topological polar surface area (TPSA) is 132 Å². The van der Waals surface area contributed by atoms with E-state index >= 15 is 0 Å². The minimum Gasteiger partial charge on any atom is -0.511 e. The second-order valence-electron chi connectivity index (χ2n) is 13.9. The van der Waals surface area contributed by atoms with E-state index < -0.39 is 56.8 Å². The molecule has 0 heterocycles. The second kappa shape index (κ2) is 10.2. The molecule has 0 radical (unpaired) electrons. The van der Waals surface area contributed by atoms with Crippen molar-refractivity contribution >= 4 is 17.3 Å². The fraction of sp³-hybridized carbons (Fsp3) is 0.472. The molecule has 7 heteroatoms. The van der Waals surface area contributed by atoms with Crippen LogP contribution in [0.15, 0.2) is 59.1 Å². The summed E-state index contributed by atoms with van der Waals surface area (Å²) in [5.74, 6) is -4.58. The van der Waals surface area contributed by atoms with Crippen LogP contribution in [0.1, 0.15) is 82.8 Å². The smallest absolute Gasteiger partial charge is 0.209 e. The number of Topliss-reactive ketones (excluding diaryl/α,β-unsaturated/α-hetero) is 3. The lowest BCUT2D eigenvalue weighted by atomic mass is 9.44. The van der Waals surface area contributed by atoms with Crippen LogP contribution in [0, 0.1) is 28.6 Å². The molecule has 0 bridgehead atoms. The van der Waals surface area contributed by atoms with Crippen LogP contribution in [-0.2, 0) is 22.4 Å². The number of ketones is 3. The van der Waals surface area contributed by atoms with Crippen LogP contribution >= 0.6 is 0 Å². The van der Waals surface area contributed by atoms with E-state index in [1.807, 2.05) is 32.9 Å². The Morgan fingerprint density at radius 2 is 1.63 bits per heavy atom. The first kappa shape index (κ1) is 30.7. The van der Waals surface area contributed by atoms with Crippen LogP contribution in [0.25, 0.3) is 11.1 Å². The van der Waals surface area contributed by atoms with Gasteiger partial charge in [-0.25, -0.2) is 0 Å². The average molecular weight is 587 g/mol. The molecule has 2 aromatic rings. The zero-order valence-corrected chi connectivity index (χ0v) is 26.0. The third-order valence-corrected chi connectivity index (χ3v) is 10.4. The van der Waals surface area contributed by atoms with E-state index in [1.165, 1.54) is 11.6 Å². The van der Waals surface area contributed by atoms with Gasteiger partial charge in [0.25, 0.3) is 0 Å². The van der Waals surface area contributed by atoms with Gasteiger partial charge in [0.15, 0.2) is 17.2 Å². The predicted molar refractivity (Wildman–Crippen MR) is 164 cm³/mol. The van der Waals surface area contributed by atoms with Crippen molar-refractivity contribution in [2.75, 3.05) is 0 Å². The van der Waals surface area contributed by atoms with Crippen molar-refractivity contribution in [1.82, 2.24) is 0 Å². The Morgan fingerprint density at radius 1 is 1.00 bits per heavy atom. The number of fused-ring (bicyclic) bond motifs is 3. The summed E-state index contributed by atoms with van der Waals surface area (Å²) < 4.78 is 0. The number of hydrogen-bond donors (Lipinski definition) is 4. The fourth-order valence-corrected chi connectivity index (χ4v) is 8.37. The van der Waals surface area contributed by atoms with Crippen molar-refractivity contribution in [2.24, 2.45) is 28.6 Å². The lowest BCUT2D eigenvalue weighted by Gasteiger charge is -2.59. The summed E-state index contributed by atoms with van der Waals surface area (Å²) in [5.41, 5.74) is -2.29. The number of benzene rings is 2. The van der Waals surface area contributed by atoms with Gasteiger partial charge < -0.3 is 20.4 Å². The van der Waals surface area contributed by atoms with E-state index in [2.05, 4.69) is 26.0 Å². The van der Waals surface area contributed by atoms with Crippen molar-refractivity contribution in [2.45, 2.75) is 79.8 Å². The molecule has 0 fully saturated rings. The zero-order valence-electron chi connectivity index (χ0n) is 26.0. The van der Waals surface area contributed by atoms with Gasteiger partial charge in [-0.05, 0) is 66.3 Å². The number of aliphatic hydroxyl groups is 3. The first-order valence-corrected chi connectivity index (χ1v) is 15.2. The molecule has 5 rings (SSSR count).